The Bertz CT molecular complexity index is 214. The quantitative estimate of drug-likeness (QED) is 0.761. The van der Waals surface area contributed by atoms with Crippen molar-refractivity contribution in [3.8, 4) is 0 Å². The van der Waals surface area contributed by atoms with E-state index in [0.717, 1.165) is 32.0 Å². The fourth-order valence-corrected chi connectivity index (χ4v) is 2.69. The largest absolute Gasteiger partial charge is 0.375 e. The van der Waals surface area contributed by atoms with Crippen molar-refractivity contribution < 1.29 is 4.74 Å². The lowest BCUT2D eigenvalue weighted by molar-refractivity contribution is -0.0581. The Kier molecular flexibility index (Phi) is 4.68. The molecule has 2 saturated heterocycles. The van der Waals surface area contributed by atoms with Gasteiger partial charge < -0.3 is 10.5 Å². The van der Waals surface area contributed by atoms with Crippen LogP contribution in [0.4, 0.5) is 0 Å². The number of rotatable bonds is 1. The molecule has 90 valence electrons. The molecule has 2 heterocycles. The van der Waals surface area contributed by atoms with Gasteiger partial charge in [-0.3, -0.25) is 4.90 Å². The Hall–Kier alpha value is 0.460. The summed E-state index contributed by atoms with van der Waals surface area (Å²) in [6.45, 7) is 3.16. The molecule has 2 aliphatic heterocycles. The molecule has 1 saturated carbocycles. The van der Waals surface area contributed by atoms with Crippen LogP contribution in [0.25, 0.3) is 0 Å². The first-order valence-corrected chi connectivity index (χ1v) is 5.44. The lowest BCUT2D eigenvalue weighted by Gasteiger charge is -2.35. The van der Waals surface area contributed by atoms with E-state index in [-0.39, 0.29) is 24.8 Å². The summed E-state index contributed by atoms with van der Waals surface area (Å²) < 4.78 is 5.87. The first-order valence-electron chi connectivity index (χ1n) is 5.44. The average Bonchev–Trinajstić information content (AvgIpc) is 2.87. The minimum Gasteiger partial charge on any atom is -0.375 e. The van der Waals surface area contributed by atoms with Crippen LogP contribution in [-0.2, 0) is 4.74 Å². The van der Waals surface area contributed by atoms with Gasteiger partial charge in [-0.05, 0) is 25.2 Å². The molecule has 3 rings (SSSR count). The van der Waals surface area contributed by atoms with Gasteiger partial charge in [0.05, 0.1) is 12.7 Å². The monoisotopic (exact) mass is 254 g/mol. The Labute approximate surface area is 104 Å². The van der Waals surface area contributed by atoms with Gasteiger partial charge in [0.15, 0.2) is 0 Å². The molecule has 0 aromatic heterocycles. The van der Waals surface area contributed by atoms with E-state index < -0.39 is 0 Å². The lowest BCUT2D eigenvalue weighted by Crippen LogP contribution is -2.47. The highest BCUT2D eigenvalue weighted by Crippen LogP contribution is 2.37. The van der Waals surface area contributed by atoms with Crippen LogP contribution in [-0.4, -0.2) is 42.8 Å². The van der Waals surface area contributed by atoms with Crippen LogP contribution in [0, 0.1) is 5.92 Å². The molecule has 3 nitrogen and oxygen atoms in total. The molecule has 0 unspecified atom stereocenters. The maximum absolute atomic E-state index is 5.93. The minimum absolute atomic E-state index is 0. The first-order chi connectivity index (χ1) is 6.33. The summed E-state index contributed by atoms with van der Waals surface area (Å²) >= 11 is 0. The third-order valence-corrected chi connectivity index (χ3v) is 3.63. The van der Waals surface area contributed by atoms with Crippen LogP contribution >= 0.6 is 24.8 Å². The van der Waals surface area contributed by atoms with E-state index in [2.05, 4.69) is 4.90 Å². The summed E-state index contributed by atoms with van der Waals surface area (Å²) in [7, 11) is 0. The molecule has 0 aromatic carbocycles. The molecular weight excluding hydrogens is 235 g/mol. The maximum Gasteiger partial charge on any atom is 0.0731 e. The third kappa shape index (κ3) is 2.77. The second-order valence-electron chi connectivity index (χ2n) is 4.81. The molecule has 2 N–H and O–H groups in total. The first kappa shape index (κ1) is 13.5. The summed E-state index contributed by atoms with van der Waals surface area (Å²) in [5.41, 5.74) is 5.93. The number of hydrogen-bond donors (Lipinski definition) is 1. The van der Waals surface area contributed by atoms with Gasteiger partial charge in [-0.15, -0.1) is 24.8 Å². The summed E-state index contributed by atoms with van der Waals surface area (Å²) in [4.78, 5) is 2.54. The average molecular weight is 255 g/mol. The Morgan fingerprint density at radius 2 is 1.87 bits per heavy atom. The van der Waals surface area contributed by atoms with E-state index in [0.29, 0.717) is 18.2 Å². The Morgan fingerprint density at radius 1 is 1.13 bits per heavy atom. The number of ether oxygens (including phenoxy) is 1. The fraction of sp³-hybridized carbons (Fsp3) is 1.00. The number of morpholine rings is 1. The van der Waals surface area contributed by atoms with Gasteiger partial charge in [-0.2, -0.15) is 0 Å². The van der Waals surface area contributed by atoms with Crippen molar-refractivity contribution in [3.05, 3.63) is 0 Å². The van der Waals surface area contributed by atoms with E-state index in [1.54, 1.807) is 0 Å². The van der Waals surface area contributed by atoms with Gasteiger partial charge >= 0.3 is 0 Å². The predicted molar refractivity (Wildman–Crippen MR) is 64.9 cm³/mol. The zero-order valence-electron chi connectivity index (χ0n) is 8.80. The molecule has 5 heteroatoms. The number of fused-ring (bicyclic) bond motifs is 1. The second-order valence-corrected chi connectivity index (χ2v) is 4.81. The summed E-state index contributed by atoms with van der Waals surface area (Å²) in [5, 5.41) is 0. The van der Waals surface area contributed by atoms with Gasteiger partial charge in [0.1, 0.15) is 0 Å². The highest BCUT2D eigenvalue weighted by Gasteiger charge is 2.41. The Morgan fingerprint density at radius 3 is 2.53 bits per heavy atom. The summed E-state index contributed by atoms with van der Waals surface area (Å²) in [6, 6.07) is 1.02. The summed E-state index contributed by atoms with van der Waals surface area (Å²) in [5.74, 6) is 0.873. The van der Waals surface area contributed by atoms with Crippen molar-refractivity contribution in [1.29, 1.82) is 0 Å². The number of nitrogens with zero attached hydrogens (tertiary/aromatic N) is 1. The van der Waals surface area contributed by atoms with Crippen molar-refractivity contribution in [1.82, 2.24) is 4.90 Å². The molecule has 1 aliphatic carbocycles. The van der Waals surface area contributed by atoms with Gasteiger partial charge in [0.2, 0.25) is 0 Å². The van der Waals surface area contributed by atoms with Crippen LogP contribution in [0.3, 0.4) is 0 Å². The Balaban J connectivity index is 0.000000562. The van der Waals surface area contributed by atoms with Crippen LogP contribution < -0.4 is 5.73 Å². The SMILES string of the molecule is Cl.Cl.N[C@@H]1C[C@H]2CO[C@H](C3CC3)CN2C1. The second kappa shape index (κ2) is 5.19. The maximum atomic E-state index is 5.93. The van der Waals surface area contributed by atoms with E-state index >= 15 is 0 Å². The van der Waals surface area contributed by atoms with Gasteiger partial charge in [0, 0.05) is 25.2 Å². The molecule has 0 aromatic rings. The minimum atomic E-state index is 0. The van der Waals surface area contributed by atoms with E-state index in [1.165, 1.54) is 12.8 Å². The normalized spacial score (nSPS) is 40.2. The third-order valence-electron chi connectivity index (χ3n) is 3.63. The molecule has 15 heavy (non-hydrogen) atoms. The fourth-order valence-electron chi connectivity index (χ4n) is 2.69. The number of halogens is 2. The van der Waals surface area contributed by atoms with Crippen molar-refractivity contribution in [2.45, 2.75) is 37.5 Å². The smallest absolute Gasteiger partial charge is 0.0731 e. The van der Waals surface area contributed by atoms with Crippen LogP contribution in [0.5, 0.6) is 0 Å². The lowest BCUT2D eigenvalue weighted by atomic mass is 10.1. The molecule has 0 bridgehead atoms. The van der Waals surface area contributed by atoms with E-state index in [9.17, 15) is 0 Å². The van der Waals surface area contributed by atoms with E-state index in [4.69, 9.17) is 10.5 Å². The molecule has 3 atom stereocenters. The van der Waals surface area contributed by atoms with Crippen LogP contribution in [0.15, 0.2) is 0 Å². The van der Waals surface area contributed by atoms with Gasteiger partial charge in [-0.1, -0.05) is 0 Å². The number of hydrogen-bond acceptors (Lipinski definition) is 3. The van der Waals surface area contributed by atoms with Crippen LogP contribution in [0.2, 0.25) is 0 Å². The predicted octanol–water partition coefficient (Wildman–Crippen LogP) is 1.04. The molecule has 0 radical (unpaired) electrons. The molecule has 3 fully saturated rings. The van der Waals surface area contributed by atoms with Crippen molar-refractivity contribution in [3.63, 3.8) is 0 Å². The van der Waals surface area contributed by atoms with E-state index in [1.807, 2.05) is 0 Å². The van der Waals surface area contributed by atoms with Gasteiger partial charge in [0.25, 0.3) is 0 Å². The van der Waals surface area contributed by atoms with Crippen LogP contribution in [0.1, 0.15) is 19.3 Å². The molecule has 0 spiro atoms. The van der Waals surface area contributed by atoms with Crippen molar-refractivity contribution in [2.75, 3.05) is 19.7 Å². The zero-order valence-corrected chi connectivity index (χ0v) is 10.4. The highest BCUT2D eigenvalue weighted by molar-refractivity contribution is 5.85. The molecule has 0 amide bonds. The zero-order chi connectivity index (χ0) is 8.84. The summed E-state index contributed by atoms with van der Waals surface area (Å²) in [6.07, 6.45) is 4.43. The van der Waals surface area contributed by atoms with Crippen molar-refractivity contribution >= 4 is 24.8 Å². The standard InChI is InChI=1S/C10H18N2O.2ClH/c11-8-3-9-6-13-10(7-1-2-7)5-12(9)4-8;;/h7-10H,1-6,11H2;2*1H/t8-,9+,10+;;/m1../s1. The topological polar surface area (TPSA) is 38.5 Å². The molecular formula is C10H20Cl2N2O. The van der Waals surface area contributed by atoms with Crippen molar-refractivity contribution in [2.24, 2.45) is 11.7 Å². The molecule has 3 aliphatic rings. The highest BCUT2D eigenvalue weighted by atomic mass is 35.5. The number of nitrogens with two attached hydrogens (primary N) is 1. The van der Waals surface area contributed by atoms with Gasteiger partial charge in [-0.25, -0.2) is 0 Å².